The van der Waals surface area contributed by atoms with Crippen molar-refractivity contribution in [3.05, 3.63) is 29.8 Å². The van der Waals surface area contributed by atoms with Gasteiger partial charge in [-0.3, -0.25) is 5.01 Å². The Morgan fingerprint density at radius 2 is 1.88 bits per heavy atom. The number of anilines is 2. The molecule has 1 fully saturated rings. The van der Waals surface area contributed by atoms with Crippen LogP contribution < -0.4 is 20.4 Å². The van der Waals surface area contributed by atoms with Crippen molar-refractivity contribution in [2.45, 2.75) is 51.7 Å². The number of benzene rings is 1. The molecule has 1 saturated carbocycles. The number of methoxy groups -OCH3 is 2. The lowest BCUT2D eigenvalue weighted by molar-refractivity contribution is 0.0511. The fourth-order valence-electron chi connectivity index (χ4n) is 3.25. The maximum Gasteiger partial charge on any atom is 0.408 e. The summed E-state index contributed by atoms with van der Waals surface area (Å²) in [6.07, 6.45) is 4.77. The summed E-state index contributed by atoms with van der Waals surface area (Å²) < 4.78 is 15.8. The van der Waals surface area contributed by atoms with E-state index in [4.69, 9.17) is 19.3 Å². The van der Waals surface area contributed by atoms with E-state index in [-0.39, 0.29) is 0 Å². The molecule has 1 aliphatic rings. The minimum atomic E-state index is -0.595. The van der Waals surface area contributed by atoms with Gasteiger partial charge in [0.05, 0.1) is 36.7 Å². The van der Waals surface area contributed by atoms with E-state index in [0.29, 0.717) is 28.4 Å². The second kappa shape index (κ2) is 9.93. The van der Waals surface area contributed by atoms with E-state index >= 15 is 0 Å². The van der Waals surface area contributed by atoms with Crippen LogP contribution in [0.25, 0.3) is 0 Å². The SMILES string of the molecule is C/C=C\C(=N/N(C)c1c(NC)cc(C(=O)OC)cc1OC)C1(NC(=O)OC(C)(C)C)CC1. The summed E-state index contributed by atoms with van der Waals surface area (Å²) in [7, 11) is 6.38. The van der Waals surface area contributed by atoms with Gasteiger partial charge < -0.3 is 24.8 Å². The molecular formula is C23H34N4O5. The van der Waals surface area contributed by atoms with Crippen molar-refractivity contribution in [1.82, 2.24) is 5.32 Å². The fourth-order valence-corrected chi connectivity index (χ4v) is 3.25. The summed E-state index contributed by atoms with van der Waals surface area (Å²) in [6, 6.07) is 3.28. The zero-order chi connectivity index (χ0) is 24.1. The van der Waals surface area contributed by atoms with Crippen molar-refractivity contribution in [3.8, 4) is 5.75 Å². The molecule has 0 aromatic heterocycles. The third-order valence-corrected chi connectivity index (χ3v) is 4.87. The summed E-state index contributed by atoms with van der Waals surface area (Å²) in [4.78, 5) is 24.4. The summed E-state index contributed by atoms with van der Waals surface area (Å²) >= 11 is 0. The Balaban J connectivity index is 2.44. The summed E-state index contributed by atoms with van der Waals surface area (Å²) in [5.74, 6) is -0.0149. The van der Waals surface area contributed by atoms with E-state index < -0.39 is 23.2 Å². The number of allylic oxidation sites excluding steroid dienone is 1. The number of carbonyl (C=O) groups excluding carboxylic acids is 2. The molecule has 0 atom stereocenters. The van der Waals surface area contributed by atoms with Crippen molar-refractivity contribution in [2.75, 3.05) is 38.6 Å². The maximum absolute atomic E-state index is 12.4. The van der Waals surface area contributed by atoms with Gasteiger partial charge in [0, 0.05) is 14.1 Å². The van der Waals surface area contributed by atoms with Gasteiger partial charge in [0.1, 0.15) is 17.0 Å². The predicted octanol–water partition coefficient (Wildman–Crippen LogP) is 3.95. The predicted molar refractivity (Wildman–Crippen MR) is 126 cm³/mol. The lowest BCUT2D eigenvalue weighted by Gasteiger charge is -2.26. The van der Waals surface area contributed by atoms with Crippen LogP contribution in [0.15, 0.2) is 29.4 Å². The van der Waals surface area contributed by atoms with Gasteiger partial charge in [0.25, 0.3) is 0 Å². The van der Waals surface area contributed by atoms with Crippen molar-refractivity contribution in [2.24, 2.45) is 5.10 Å². The van der Waals surface area contributed by atoms with Crippen LogP contribution in [0.3, 0.4) is 0 Å². The topological polar surface area (TPSA) is 101 Å². The normalized spacial score (nSPS) is 15.2. The van der Waals surface area contributed by atoms with Crippen LogP contribution in [0.4, 0.5) is 16.2 Å². The number of hydrogen-bond acceptors (Lipinski definition) is 8. The molecule has 0 unspecified atom stereocenters. The van der Waals surface area contributed by atoms with Crippen LogP contribution in [0.5, 0.6) is 5.75 Å². The Hall–Kier alpha value is -3.23. The van der Waals surface area contributed by atoms with Crippen LogP contribution in [0.2, 0.25) is 0 Å². The third-order valence-electron chi connectivity index (χ3n) is 4.87. The molecule has 2 rings (SSSR count). The average Bonchev–Trinajstić information content (AvgIpc) is 3.50. The highest BCUT2D eigenvalue weighted by Crippen LogP contribution is 2.40. The fraction of sp³-hybridized carbons (Fsp3) is 0.522. The number of hydrogen-bond donors (Lipinski definition) is 2. The molecule has 9 nitrogen and oxygen atoms in total. The summed E-state index contributed by atoms with van der Waals surface area (Å²) in [5, 5.41) is 12.5. The van der Waals surface area contributed by atoms with Gasteiger partial charge in [-0.05, 0) is 58.7 Å². The lowest BCUT2D eigenvalue weighted by Crippen LogP contribution is -2.45. The standard InChI is InChI=1S/C23H34N4O5/c1-9-10-18(23(11-12-23)25-21(29)32-22(2,3)4)26-27(6)19-16(24-5)13-15(20(28)31-8)14-17(19)30-7/h9-10,13-14,24H,11-12H2,1-8H3,(H,25,29)/b10-9-,26-18+. The highest BCUT2D eigenvalue weighted by molar-refractivity contribution is 6.07. The van der Waals surface area contributed by atoms with Gasteiger partial charge in [-0.25, -0.2) is 9.59 Å². The number of ether oxygens (including phenoxy) is 3. The third kappa shape index (κ3) is 5.93. The second-order valence-corrected chi connectivity index (χ2v) is 8.53. The Morgan fingerprint density at radius 1 is 1.22 bits per heavy atom. The first-order chi connectivity index (χ1) is 15.0. The van der Waals surface area contributed by atoms with Crippen LogP contribution in [-0.2, 0) is 9.47 Å². The molecule has 32 heavy (non-hydrogen) atoms. The molecule has 9 heteroatoms. The number of esters is 1. The van der Waals surface area contributed by atoms with Crippen LogP contribution >= 0.6 is 0 Å². The van der Waals surface area contributed by atoms with Gasteiger partial charge in [-0.15, -0.1) is 0 Å². The monoisotopic (exact) mass is 446 g/mol. The largest absolute Gasteiger partial charge is 0.494 e. The molecule has 1 aliphatic carbocycles. The van der Waals surface area contributed by atoms with Gasteiger partial charge in [-0.2, -0.15) is 5.10 Å². The van der Waals surface area contributed by atoms with Gasteiger partial charge >= 0.3 is 12.1 Å². The van der Waals surface area contributed by atoms with Gasteiger partial charge in [0.2, 0.25) is 0 Å². The van der Waals surface area contributed by atoms with E-state index in [1.807, 2.05) is 39.8 Å². The number of nitrogens with zero attached hydrogens (tertiary/aromatic N) is 2. The minimum absolute atomic E-state index is 0.355. The van der Waals surface area contributed by atoms with Gasteiger partial charge in [0.15, 0.2) is 0 Å². The van der Waals surface area contributed by atoms with Crippen molar-refractivity contribution in [1.29, 1.82) is 0 Å². The van der Waals surface area contributed by atoms with Crippen LogP contribution in [0, 0.1) is 0 Å². The van der Waals surface area contributed by atoms with E-state index in [0.717, 1.165) is 12.8 Å². The zero-order valence-electron chi connectivity index (χ0n) is 20.2. The van der Waals surface area contributed by atoms with Crippen LogP contribution in [-0.4, -0.2) is 57.2 Å². The molecule has 0 heterocycles. The molecule has 2 N–H and O–H groups in total. The molecule has 1 amide bonds. The summed E-state index contributed by atoms with van der Waals surface area (Å²) in [6.45, 7) is 7.36. The quantitative estimate of drug-likeness (QED) is 0.354. The molecule has 1 aromatic rings. The zero-order valence-corrected chi connectivity index (χ0v) is 20.2. The molecular weight excluding hydrogens is 412 g/mol. The average molecular weight is 447 g/mol. The Bertz CT molecular complexity index is 888. The molecule has 176 valence electrons. The Morgan fingerprint density at radius 3 is 2.34 bits per heavy atom. The second-order valence-electron chi connectivity index (χ2n) is 8.53. The number of nitrogens with one attached hydrogen (secondary N) is 2. The van der Waals surface area contributed by atoms with Crippen molar-refractivity contribution >= 4 is 29.1 Å². The number of amides is 1. The molecule has 0 saturated heterocycles. The first-order valence-electron chi connectivity index (χ1n) is 10.4. The number of rotatable bonds is 8. The molecule has 0 bridgehead atoms. The minimum Gasteiger partial charge on any atom is -0.494 e. The first kappa shape index (κ1) is 25.0. The van der Waals surface area contributed by atoms with Crippen molar-refractivity contribution in [3.63, 3.8) is 0 Å². The lowest BCUT2D eigenvalue weighted by atomic mass is 10.1. The van der Waals surface area contributed by atoms with E-state index in [1.165, 1.54) is 14.2 Å². The number of hydrazone groups is 1. The molecule has 1 aromatic carbocycles. The van der Waals surface area contributed by atoms with E-state index in [2.05, 4.69) is 10.6 Å². The van der Waals surface area contributed by atoms with E-state index in [9.17, 15) is 9.59 Å². The van der Waals surface area contributed by atoms with Crippen LogP contribution in [0.1, 0.15) is 50.9 Å². The number of alkyl carbamates (subject to hydrolysis) is 1. The summed E-state index contributed by atoms with van der Waals surface area (Å²) in [5.41, 5.74) is 1.13. The Kier molecular flexibility index (Phi) is 7.77. The Labute approximate surface area is 189 Å². The first-order valence-corrected chi connectivity index (χ1v) is 10.4. The smallest absolute Gasteiger partial charge is 0.408 e. The van der Waals surface area contributed by atoms with Gasteiger partial charge in [-0.1, -0.05) is 6.08 Å². The highest BCUT2D eigenvalue weighted by atomic mass is 16.6. The highest BCUT2D eigenvalue weighted by Gasteiger charge is 2.49. The maximum atomic E-state index is 12.4. The molecule has 0 spiro atoms. The van der Waals surface area contributed by atoms with E-state index in [1.54, 1.807) is 31.2 Å². The number of carbonyl (C=O) groups is 2. The molecule has 0 aliphatic heterocycles. The molecule has 0 radical (unpaired) electrons. The van der Waals surface area contributed by atoms with Crippen molar-refractivity contribution < 1.29 is 23.8 Å².